The van der Waals surface area contributed by atoms with Crippen molar-refractivity contribution < 1.29 is 4.42 Å². The van der Waals surface area contributed by atoms with E-state index in [9.17, 15) is 4.79 Å². The van der Waals surface area contributed by atoms with Gasteiger partial charge in [0, 0.05) is 30.9 Å². The number of fused-ring (bicyclic) bond motifs is 8. The molecule has 0 N–H and O–H groups in total. The summed E-state index contributed by atoms with van der Waals surface area (Å²) in [6, 6.07) is 35.1. The van der Waals surface area contributed by atoms with Gasteiger partial charge in [-0.15, -0.1) is 11.3 Å². The van der Waals surface area contributed by atoms with Crippen molar-refractivity contribution in [2.75, 3.05) is 0 Å². The van der Waals surface area contributed by atoms with E-state index in [0.29, 0.717) is 21.9 Å². The standard InChI is InChI=1S/C31H17NO2S/c33-31-20-10-3-6-14-26(20)34-27-17-29-22(16-21(27)31)30-25(13-7-15-28(30)35-29)32-23-11-4-1-8-18(23)19-9-2-5-12-24(19)32/h1-17H. The average Bonchev–Trinajstić information content (AvgIpc) is 3.43. The number of para-hydroxylation sites is 3. The van der Waals surface area contributed by atoms with Crippen LogP contribution in [-0.2, 0) is 0 Å². The summed E-state index contributed by atoms with van der Waals surface area (Å²) < 4.78 is 10.8. The molecule has 0 saturated heterocycles. The van der Waals surface area contributed by atoms with Crippen molar-refractivity contribution in [2.24, 2.45) is 0 Å². The van der Waals surface area contributed by atoms with Gasteiger partial charge in [0.15, 0.2) is 0 Å². The van der Waals surface area contributed by atoms with Gasteiger partial charge in [0.25, 0.3) is 0 Å². The number of thiophene rings is 1. The first-order valence-electron chi connectivity index (χ1n) is 11.6. The molecule has 3 aromatic heterocycles. The van der Waals surface area contributed by atoms with Gasteiger partial charge in [-0.1, -0.05) is 54.6 Å². The number of nitrogens with zero attached hydrogens (tertiary/aromatic N) is 1. The zero-order chi connectivity index (χ0) is 23.1. The molecule has 0 aliphatic heterocycles. The molecule has 4 heteroatoms. The first-order chi connectivity index (χ1) is 17.3. The summed E-state index contributed by atoms with van der Waals surface area (Å²) in [5.41, 5.74) is 4.73. The Kier molecular flexibility index (Phi) is 3.69. The molecule has 0 aliphatic carbocycles. The van der Waals surface area contributed by atoms with E-state index in [0.717, 1.165) is 21.2 Å². The summed E-state index contributed by atoms with van der Waals surface area (Å²) >= 11 is 1.73. The average molecular weight is 468 g/mol. The molecule has 0 unspecified atom stereocenters. The minimum atomic E-state index is 0.0115. The second-order valence-electron chi connectivity index (χ2n) is 8.89. The maximum absolute atomic E-state index is 13.4. The fraction of sp³-hybridized carbons (Fsp3) is 0. The summed E-state index contributed by atoms with van der Waals surface area (Å²) in [4.78, 5) is 13.4. The molecule has 8 aromatic rings. The smallest absolute Gasteiger partial charge is 0.200 e. The molecule has 5 aromatic carbocycles. The Hall–Kier alpha value is -4.41. The number of hydrogen-bond donors (Lipinski definition) is 0. The third-order valence-electron chi connectivity index (χ3n) is 6.99. The van der Waals surface area contributed by atoms with Crippen molar-refractivity contribution in [1.82, 2.24) is 4.57 Å². The second kappa shape index (κ2) is 6.81. The molecule has 3 heterocycles. The lowest BCUT2D eigenvalue weighted by Gasteiger charge is -2.10. The molecule has 0 bridgehead atoms. The van der Waals surface area contributed by atoms with Crippen LogP contribution in [-0.4, -0.2) is 4.57 Å². The summed E-state index contributed by atoms with van der Waals surface area (Å²) in [6.07, 6.45) is 0. The van der Waals surface area contributed by atoms with E-state index in [1.54, 1.807) is 11.3 Å². The third kappa shape index (κ3) is 2.52. The highest BCUT2D eigenvalue weighted by molar-refractivity contribution is 7.26. The maximum atomic E-state index is 13.4. The zero-order valence-electron chi connectivity index (χ0n) is 18.5. The quantitative estimate of drug-likeness (QED) is 0.227. The van der Waals surface area contributed by atoms with Crippen molar-refractivity contribution in [3.63, 3.8) is 0 Å². The van der Waals surface area contributed by atoms with Gasteiger partial charge in [0.2, 0.25) is 5.43 Å². The molecule has 35 heavy (non-hydrogen) atoms. The third-order valence-corrected chi connectivity index (χ3v) is 8.11. The lowest BCUT2D eigenvalue weighted by atomic mass is 10.1. The molecule has 8 rings (SSSR count). The van der Waals surface area contributed by atoms with Crippen LogP contribution in [0.4, 0.5) is 0 Å². The molecular weight excluding hydrogens is 450 g/mol. The van der Waals surface area contributed by atoms with Crippen molar-refractivity contribution in [3.05, 3.63) is 113 Å². The van der Waals surface area contributed by atoms with Crippen molar-refractivity contribution in [2.45, 2.75) is 0 Å². The predicted molar refractivity (Wildman–Crippen MR) is 147 cm³/mol. The number of hydrogen-bond acceptors (Lipinski definition) is 3. The van der Waals surface area contributed by atoms with E-state index in [1.165, 1.54) is 26.5 Å². The largest absolute Gasteiger partial charge is 0.456 e. The van der Waals surface area contributed by atoms with Crippen LogP contribution >= 0.6 is 11.3 Å². The predicted octanol–water partition coefficient (Wildman–Crippen LogP) is 8.41. The fourth-order valence-corrected chi connectivity index (χ4v) is 6.61. The van der Waals surface area contributed by atoms with E-state index in [2.05, 4.69) is 71.3 Å². The molecule has 0 amide bonds. The van der Waals surface area contributed by atoms with Gasteiger partial charge in [-0.05, 0) is 48.5 Å². The topological polar surface area (TPSA) is 35.1 Å². The SMILES string of the molecule is O=c1c2ccccc2oc2cc3sc4cccc(-n5c6ccccc6c6ccccc65)c4c3cc12. The summed E-state index contributed by atoms with van der Waals surface area (Å²) in [5.74, 6) is 0. The van der Waals surface area contributed by atoms with Crippen LogP contribution in [0.5, 0.6) is 0 Å². The Morgan fingerprint density at radius 1 is 0.571 bits per heavy atom. The van der Waals surface area contributed by atoms with E-state index < -0.39 is 0 Å². The van der Waals surface area contributed by atoms with E-state index in [-0.39, 0.29) is 5.43 Å². The minimum absolute atomic E-state index is 0.0115. The Bertz CT molecular complexity index is 2140. The number of benzene rings is 5. The molecule has 0 spiro atoms. The van der Waals surface area contributed by atoms with Gasteiger partial charge < -0.3 is 8.98 Å². The van der Waals surface area contributed by atoms with Crippen LogP contribution in [0.25, 0.3) is 69.6 Å². The monoisotopic (exact) mass is 467 g/mol. The van der Waals surface area contributed by atoms with Gasteiger partial charge >= 0.3 is 0 Å². The normalized spacial score (nSPS) is 12.1. The molecule has 0 saturated carbocycles. The van der Waals surface area contributed by atoms with Crippen molar-refractivity contribution >= 4 is 75.3 Å². The summed E-state index contributed by atoms with van der Waals surface area (Å²) in [7, 11) is 0. The van der Waals surface area contributed by atoms with Crippen LogP contribution in [0.2, 0.25) is 0 Å². The van der Waals surface area contributed by atoms with Crippen LogP contribution in [0, 0.1) is 0 Å². The molecular formula is C31H17NO2S. The highest BCUT2D eigenvalue weighted by Crippen LogP contribution is 2.42. The van der Waals surface area contributed by atoms with Crippen molar-refractivity contribution in [3.8, 4) is 5.69 Å². The van der Waals surface area contributed by atoms with Crippen LogP contribution in [0.1, 0.15) is 0 Å². The highest BCUT2D eigenvalue weighted by Gasteiger charge is 2.18. The van der Waals surface area contributed by atoms with E-state index >= 15 is 0 Å². The maximum Gasteiger partial charge on any atom is 0.200 e. The van der Waals surface area contributed by atoms with Gasteiger partial charge in [-0.3, -0.25) is 4.79 Å². The Morgan fingerprint density at radius 3 is 2.03 bits per heavy atom. The molecule has 164 valence electrons. The Morgan fingerprint density at radius 2 is 1.26 bits per heavy atom. The van der Waals surface area contributed by atoms with Crippen LogP contribution < -0.4 is 5.43 Å². The summed E-state index contributed by atoms with van der Waals surface area (Å²) in [5, 5.41) is 5.94. The van der Waals surface area contributed by atoms with E-state index in [4.69, 9.17) is 4.42 Å². The minimum Gasteiger partial charge on any atom is -0.456 e. The fourth-order valence-electron chi connectivity index (χ4n) is 5.47. The second-order valence-corrected chi connectivity index (χ2v) is 9.98. The van der Waals surface area contributed by atoms with Gasteiger partial charge in [0.1, 0.15) is 11.2 Å². The molecule has 0 radical (unpaired) electrons. The lowest BCUT2D eigenvalue weighted by Crippen LogP contribution is -2.01. The Labute approximate surface area is 203 Å². The van der Waals surface area contributed by atoms with Crippen LogP contribution in [0.3, 0.4) is 0 Å². The van der Waals surface area contributed by atoms with Crippen LogP contribution in [0.15, 0.2) is 112 Å². The Balaban J connectivity index is 1.56. The highest BCUT2D eigenvalue weighted by atomic mass is 32.1. The van der Waals surface area contributed by atoms with Gasteiger partial charge in [-0.25, -0.2) is 0 Å². The molecule has 0 aliphatic rings. The lowest BCUT2D eigenvalue weighted by molar-refractivity contribution is 0.660. The first kappa shape index (κ1) is 19.0. The van der Waals surface area contributed by atoms with Gasteiger partial charge in [0.05, 0.1) is 27.5 Å². The molecule has 3 nitrogen and oxygen atoms in total. The van der Waals surface area contributed by atoms with Gasteiger partial charge in [-0.2, -0.15) is 0 Å². The molecule has 0 fully saturated rings. The number of rotatable bonds is 1. The van der Waals surface area contributed by atoms with E-state index in [1.807, 2.05) is 36.4 Å². The first-order valence-corrected chi connectivity index (χ1v) is 12.4. The van der Waals surface area contributed by atoms with Crippen molar-refractivity contribution in [1.29, 1.82) is 0 Å². The molecule has 0 atom stereocenters. The zero-order valence-corrected chi connectivity index (χ0v) is 19.3. The number of aromatic nitrogens is 1. The summed E-state index contributed by atoms with van der Waals surface area (Å²) in [6.45, 7) is 0.